The van der Waals surface area contributed by atoms with Gasteiger partial charge < -0.3 is 4.40 Å². The zero-order valence-electron chi connectivity index (χ0n) is 9.62. The molecular formula is C12H10N4OS. The van der Waals surface area contributed by atoms with Crippen LogP contribution in [0.15, 0.2) is 36.8 Å². The summed E-state index contributed by atoms with van der Waals surface area (Å²) in [5.74, 6) is -0.243. The molecular weight excluding hydrogens is 248 g/mol. The standard InChI is InChI=1S/C12H10N4OS/c1-8-6-13-12(18-8)15-11(17)9-7-16-5-3-2-4-10(16)14-9/h2-7H,1H3,(H,13,15,17). The van der Waals surface area contributed by atoms with Crippen LogP contribution < -0.4 is 5.32 Å². The lowest BCUT2D eigenvalue weighted by Gasteiger charge is -1.96. The number of aromatic nitrogens is 3. The summed E-state index contributed by atoms with van der Waals surface area (Å²) < 4.78 is 1.81. The van der Waals surface area contributed by atoms with Crippen molar-refractivity contribution in [2.24, 2.45) is 0 Å². The number of pyridine rings is 1. The van der Waals surface area contributed by atoms with Crippen LogP contribution in [-0.4, -0.2) is 20.3 Å². The van der Waals surface area contributed by atoms with E-state index in [0.29, 0.717) is 10.8 Å². The number of carbonyl (C=O) groups is 1. The molecule has 1 amide bonds. The third-order valence-electron chi connectivity index (χ3n) is 2.44. The molecule has 5 nitrogen and oxygen atoms in total. The van der Waals surface area contributed by atoms with Crippen molar-refractivity contribution in [3.8, 4) is 0 Å². The van der Waals surface area contributed by atoms with Gasteiger partial charge >= 0.3 is 0 Å². The first-order valence-electron chi connectivity index (χ1n) is 5.40. The number of thiazole rings is 1. The SMILES string of the molecule is Cc1cnc(NC(=O)c2cn3ccccc3n2)s1. The highest BCUT2D eigenvalue weighted by Crippen LogP contribution is 2.17. The van der Waals surface area contributed by atoms with Crippen molar-refractivity contribution in [3.05, 3.63) is 47.4 Å². The maximum absolute atomic E-state index is 12.0. The van der Waals surface area contributed by atoms with Gasteiger partial charge in [0, 0.05) is 23.5 Å². The molecule has 0 aromatic carbocycles. The van der Waals surface area contributed by atoms with Gasteiger partial charge in [0.25, 0.3) is 5.91 Å². The molecule has 0 aliphatic rings. The van der Waals surface area contributed by atoms with Crippen LogP contribution in [0, 0.1) is 6.92 Å². The van der Waals surface area contributed by atoms with Gasteiger partial charge in [0.05, 0.1) is 0 Å². The van der Waals surface area contributed by atoms with Gasteiger partial charge in [-0.3, -0.25) is 10.1 Å². The largest absolute Gasteiger partial charge is 0.306 e. The molecule has 0 radical (unpaired) electrons. The van der Waals surface area contributed by atoms with Gasteiger partial charge in [-0.15, -0.1) is 11.3 Å². The van der Waals surface area contributed by atoms with E-state index in [9.17, 15) is 4.79 Å². The number of hydrogen-bond donors (Lipinski definition) is 1. The molecule has 90 valence electrons. The Morgan fingerprint density at radius 3 is 3.06 bits per heavy atom. The summed E-state index contributed by atoms with van der Waals surface area (Å²) in [4.78, 5) is 21.4. The Morgan fingerprint density at radius 1 is 1.44 bits per heavy atom. The number of anilines is 1. The van der Waals surface area contributed by atoms with Crippen LogP contribution in [-0.2, 0) is 0 Å². The maximum Gasteiger partial charge on any atom is 0.277 e. The molecule has 0 unspecified atom stereocenters. The molecule has 3 heterocycles. The van der Waals surface area contributed by atoms with Gasteiger partial charge in [-0.2, -0.15) is 0 Å². The number of nitrogens with one attached hydrogen (secondary N) is 1. The van der Waals surface area contributed by atoms with E-state index in [2.05, 4.69) is 15.3 Å². The van der Waals surface area contributed by atoms with Crippen LogP contribution in [0.1, 0.15) is 15.4 Å². The molecule has 0 spiro atoms. The monoisotopic (exact) mass is 258 g/mol. The minimum Gasteiger partial charge on any atom is -0.306 e. The summed E-state index contributed by atoms with van der Waals surface area (Å²) in [6.07, 6.45) is 5.28. The molecule has 0 bridgehead atoms. The van der Waals surface area contributed by atoms with Crippen molar-refractivity contribution < 1.29 is 4.79 Å². The van der Waals surface area contributed by atoms with Crippen molar-refractivity contribution in [3.63, 3.8) is 0 Å². The number of amides is 1. The molecule has 0 saturated heterocycles. The molecule has 3 rings (SSSR count). The van der Waals surface area contributed by atoms with E-state index in [0.717, 1.165) is 10.5 Å². The van der Waals surface area contributed by atoms with Crippen LogP contribution in [0.2, 0.25) is 0 Å². The molecule has 0 aliphatic heterocycles. The Labute approximate surface area is 107 Å². The van der Waals surface area contributed by atoms with Gasteiger partial charge in [-0.25, -0.2) is 9.97 Å². The Hall–Kier alpha value is -2.21. The fourth-order valence-electron chi connectivity index (χ4n) is 1.62. The molecule has 3 aromatic rings. The summed E-state index contributed by atoms with van der Waals surface area (Å²) in [6.45, 7) is 1.94. The highest BCUT2D eigenvalue weighted by molar-refractivity contribution is 7.15. The third kappa shape index (κ3) is 1.98. The Bertz CT molecular complexity index is 683. The lowest BCUT2D eigenvalue weighted by Crippen LogP contribution is -2.11. The molecule has 3 aromatic heterocycles. The van der Waals surface area contributed by atoms with Crippen LogP contribution in [0.4, 0.5) is 5.13 Å². The van der Waals surface area contributed by atoms with Gasteiger partial charge in [0.2, 0.25) is 0 Å². The predicted molar refractivity (Wildman–Crippen MR) is 70.0 cm³/mol. The lowest BCUT2D eigenvalue weighted by atomic mass is 10.4. The molecule has 0 atom stereocenters. The van der Waals surface area contributed by atoms with E-state index < -0.39 is 0 Å². The number of imidazole rings is 1. The minimum absolute atomic E-state index is 0.243. The molecule has 0 fully saturated rings. The van der Waals surface area contributed by atoms with Crippen LogP contribution in [0.5, 0.6) is 0 Å². The molecule has 18 heavy (non-hydrogen) atoms. The van der Waals surface area contributed by atoms with Gasteiger partial charge in [-0.1, -0.05) is 6.07 Å². The van der Waals surface area contributed by atoms with Crippen molar-refractivity contribution in [1.82, 2.24) is 14.4 Å². The fraction of sp³-hybridized carbons (Fsp3) is 0.0833. The second kappa shape index (κ2) is 4.23. The van der Waals surface area contributed by atoms with Crippen molar-refractivity contribution >= 4 is 28.0 Å². The van der Waals surface area contributed by atoms with E-state index in [4.69, 9.17) is 0 Å². The third-order valence-corrected chi connectivity index (χ3v) is 3.27. The highest BCUT2D eigenvalue weighted by Gasteiger charge is 2.12. The average molecular weight is 258 g/mol. The van der Waals surface area contributed by atoms with Crippen LogP contribution in [0.25, 0.3) is 5.65 Å². The average Bonchev–Trinajstić information content (AvgIpc) is 2.95. The highest BCUT2D eigenvalue weighted by atomic mass is 32.1. The molecule has 1 N–H and O–H groups in total. The number of aryl methyl sites for hydroxylation is 1. The molecule has 0 saturated carbocycles. The number of nitrogens with zero attached hydrogens (tertiary/aromatic N) is 3. The maximum atomic E-state index is 12.0. The van der Waals surface area contributed by atoms with E-state index >= 15 is 0 Å². The van der Waals surface area contributed by atoms with Crippen molar-refractivity contribution in [2.75, 3.05) is 5.32 Å². The topological polar surface area (TPSA) is 59.3 Å². The fourth-order valence-corrected chi connectivity index (χ4v) is 2.28. The lowest BCUT2D eigenvalue weighted by molar-refractivity contribution is 0.102. The van der Waals surface area contributed by atoms with Crippen LogP contribution in [0.3, 0.4) is 0 Å². The first-order chi connectivity index (χ1) is 8.72. The van der Waals surface area contributed by atoms with E-state index in [1.807, 2.05) is 35.7 Å². The van der Waals surface area contributed by atoms with Crippen LogP contribution >= 0.6 is 11.3 Å². The summed E-state index contributed by atoms with van der Waals surface area (Å²) in [7, 11) is 0. The summed E-state index contributed by atoms with van der Waals surface area (Å²) in [5.41, 5.74) is 1.13. The first-order valence-corrected chi connectivity index (χ1v) is 6.21. The number of carbonyl (C=O) groups excluding carboxylic acids is 1. The van der Waals surface area contributed by atoms with E-state index in [-0.39, 0.29) is 5.91 Å². The Kier molecular flexibility index (Phi) is 2.56. The van der Waals surface area contributed by atoms with Gasteiger partial charge in [0.1, 0.15) is 11.3 Å². The summed E-state index contributed by atoms with van der Waals surface area (Å²) in [5, 5.41) is 3.32. The second-order valence-corrected chi connectivity index (χ2v) is 5.06. The number of rotatable bonds is 2. The minimum atomic E-state index is -0.243. The van der Waals surface area contributed by atoms with E-state index in [1.165, 1.54) is 11.3 Å². The zero-order valence-corrected chi connectivity index (χ0v) is 10.4. The first kappa shape index (κ1) is 10.9. The van der Waals surface area contributed by atoms with Crippen molar-refractivity contribution in [1.29, 1.82) is 0 Å². The van der Waals surface area contributed by atoms with E-state index in [1.54, 1.807) is 12.4 Å². The molecule has 6 heteroatoms. The number of hydrogen-bond acceptors (Lipinski definition) is 4. The zero-order chi connectivity index (χ0) is 12.5. The number of fused-ring (bicyclic) bond motifs is 1. The van der Waals surface area contributed by atoms with Crippen molar-refractivity contribution in [2.45, 2.75) is 6.92 Å². The normalized spacial score (nSPS) is 10.7. The Balaban J connectivity index is 1.87. The molecule has 0 aliphatic carbocycles. The summed E-state index contributed by atoms with van der Waals surface area (Å²) in [6, 6.07) is 5.62. The predicted octanol–water partition coefficient (Wildman–Crippen LogP) is 2.35. The smallest absolute Gasteiger partial charge is 0.277 e. The summed E-state index contributed by atoms with van der Waals surface area (Å²) >= 11 is 1.44. The quantitative estimate of drug-likeness (QED) is 0.767. The van der Waals surface area contributed by atoms with Gasteiger partial charge in [0.15, 0.2) is 5.13 Å². The van der Waals surface area contributed by atoms with Gasteiger partial charge in [-0.05, 0) is 19.1 Å². The Morgan fingerprint density at radius 2 is 2.33 bits per heavy atom. The second-order valence-electron chi connectivity index (χ2n) is 3.82.